The van der Waals surface area contributed by atoms with Crippen LogP contribution in [-0.4, -0.2) is 25.2 Å². The number of esters is 2. The first-order valence-electron chi connectivity index (χ1n) is 12.9. The highest BCUT2D eigenvalue weighted by Crippen LogP contribution is 2.68. The van der Waals surface area contributed by atoms with Gasteiger partial charge in [-0.05, 0) is 111 Å². The molecule has 4 aliphatic rings. The molecule has 0 aromatic carbocycles. The van der Waals surface area contributed by atoms with E-state index in [1.54, 1.807) is 6.92 Å². The molecule has 0 spiro atoms. The Hall–Kier alpha value is -1.06. The van der Waals surface area contributed by atoms with E-state index in [2.05, 4.69) is 20.8 Å². The van der Waals surface area contributed by atoms with Gasteiger partial charge in [-0.1, -0.05) is 20.8 Å². The molecule has 0 aromatic rings. The maximum Gasteiger partial charge on any atom is 0.305 e. The number of rotatable bonds is 5. The van der Waals surface area contributed by atoms with Crippen LogP contribution in [0.25, 0.3) is 0 Å². The summed E-state index contributed by atoms with van der Waals surface area (Å²) in [6.07, 6.45) is 13.1. The van der Waals surface area contributed by atoms with Gasteiger partial charge >= 0.3 is 11.9 Å². The molecule has 4 heteroatoms. The van der Waals surface area contributed by atoms with E-state index >= 15 is 0 Å². The molecule has 4 saturated carbocycles. The molecular formula is C27H44O4. The van der Waals surface area contributed by atoms with Crippen molar-refractivity contribution in [1.29, 1.82) is 0 Å². The second-order valence-corrected chi connectivity index (χ2v) is 12.0. The van der Waals surface area contributed by atoms with Crippen molar-refractivity contribution in [2.75, 3.05) is 7.11 Å². The molecule has 0 bridgehead atoms. The Kier molecular flexibility index (Phi) is 6.49. The minimum atomic E-state index is -0.117. The van der Waals surface area contributed by atoms with Gasteiger partial charge in [-0.3, -0.25) is 9.59 Å². The summed E-state index contributed by atoms with van der Waals surface area (Å²) in [6, 6.07) is 0. The predicted octanol–water partition coefficient (Wildman–Crippen LogP) is 6.17. The summed E-state index contributed by atoms with van der Waals surface area (Å²) >= 11 is 0. The number of carbonyl (C=O) groups excluding carboxylic acids is 2. The SMILES string of the molecule is COC(=O)CC[C@@H](C)C1CC[C@H]2[C@@H]3CCC4CC(OC(C)=O)CC[C@]4(C)[C@H]3CC[C@]12C. The summed E-state index contributed by atoms with van der Waals surface area (Å²) in [5, 5.41) is 0. The van der Waals surface area contributed by atoms with Gasteiger partial charge in [0.1, 0.15) is 6.10 Å². The van der Waals surface area contributed by atoms with Gasteiger partial charge in [0.05, 0.1) is 7.11 Å². The van der Waals surface area contributed by atoms with Gasteiger partial charge < -0.3 is 9.47 Å². The highest BCUT2D eigenvalue weighted by Gasteiger charge is 2.60. The summed E-state index contributed by atoms with van der Waals surface area (Å²) in [5.74, 6) is 4.42. The molecule has 4 fully saturated rings. The Morgan fingerprint density at radius 2 is 1.68 bits per heavy atom. The number of ether oxygens (including phenoxy) is 2. The lowest BCUT2D eigenvalue weighted by Crippen LogP contribution is -2.54. The fraction of sp³-hybridized carbons (Fsp3) is 0.926. The van der Waals surface area contributed by atoms with Crippen LogP contribution in [-0.2, 0) is 19.1 Å². The molecule has 9 atom stereocenters. The van der Waals surface area contributed by atoms with Gasteiger partial charge in [0, 0.05) is 13.3 Å². The molecule has 0 amide bonds. The summed E-state index contributed by atoms with van der Waals surface area (Å²) in [6.45, 7) is 9.09. The van der Waals surface area contributed by atoms with Crippen molar-refractivity contribution in [2.24, 2.45) is 46.3 Å². The molecule has 0 heterocycles. The summed E-state index contributed by atoms with van der Waals surface area (Å²) in [5.41, 5.74) is 0.865. The molecule has 4 nitrogen and oxygen atoms in total. The second kappa shape index (κ2) is 8.71. The first-order valence-corrected chi connectivity index (χ1v) is 12.9. The second-order valence-electron chi connectivity index (χ2n) is 12.0. The molecule has 176 valence electrons. The molecule has 0 N–H and O–H groups in total. The molecule has 3 unspecified atom stereocenters. The third-order valence-corrected chi connectivity index (χ3v) is 10.7. The van der Waals surface area contributed by atoms with E-state index in [0.29, 0.717) is 29.1 Å². The highest BCUT2D eigenvalue weighted by molar-refractivity contribution is 5.69. The molecule has 0 saturated heterocycles. The van der Waals surface area contributed by atoms with E-state index in [-0.39, 0.29) is 18.0 Å². The first-order chi connectivity index (χ1) is 14.7. The standard InChI is InChI=1S/C27H44O4/c1-17(6-11-25(29)30-5)22-9-10-23-21-8-7-19-16-20(31-18(2)28)12-14-26(19,3)24(21)13-15-27(22,23)4/h17,19-24H,6-16H2,1-5H3/t17-,19?,20?,21+,22?,23+,24+,26+,27-/m1/s1. The van der Waals surface area contributed by atoms with Gasteiger partial charge in [0.2, 0.25) is 0 Å². The van der Waals surface area contributed by atoms with E-state index in [4.69, 9.17) is 9.47 Å². The average Bonchev–Trinajstić information content (AvgIpc) is 3.09. The number of hydrogen-bond donors (Lipinski definition) is 0. The van der Waals surface area contributed by atoms with Crippen LogP contribution in [0.2, 0.25) is 0 Å². The zero-order valence-electron chi connectivity index (χ0n) is 20.5. The van der Waals surface area contributed by atoms with Crippen molar-refractivity contribution in [2.45, 2.75) is 104 Å². The molecule has 4 aliphatic carbocycles. The molecule has 31 heavy (non-hydrogen) atoms. The number of methoxy groups -OCH3 is 1. The van der Waals surface area contributed by atoms with Crippen LogP contribution in [0.3, 0.4) is 0 Å². The lowest BCUT2D eigenvalue weighted by atomic mass is 9.44. The van der Waals surface area contributed by atoms with Crippen LogP contribution in [0, 0.1) is 46.3 Å². The highest BCUT2D eigenvalue weighted by atomic mass is 16.5. The normalized spacial score (nSPS) is 45.1. The van der Waals surface area contributed by atoms with Crippen LogP contribution < -0.4 is 0 Å². The number of fused-ring (bicyclic) bond motifs is 5. The van der Waals surface area contributed by atoms with Crippen molar-refractivity contribution < 1.29 is 19.1 Å². The monoisotopic (exact) mass is 432 g/mol. The van der Waals surface area contributed by atoms with Crippen LogP contribution in [0.15, 0.2) is 0 Å². The van der Waals surface area contributed by atoms with E-state index in [1.165, 1.54) is 52.1 Å². The molecule has 0 radical (unpaired) electrons. The largest absolute Gasteiger partial charge is 0.469 e. The first kappa shape index (κ1) is 23.1. The number of hydrogen-bond acceptors (Lipinski definition) is 4. The smallest absolute Gasteiger partial charge is 0.305 e. The van der Waals surface area contributed by atoms with Gasteiger partial charge in [-0.15, -0.1) is 0 Å². The summed E-state index contributed by atoms with van der Waals surface area (Å²) in [4.78, 5) is 23.2. The van der Waals surface area contributed by atoms with Crippen molar-refractivity contribution in [3.8, 4) is 0 Å². The van der Waals surface area contributed by atoms with Crippen molar-refractivity contribution in [3.63, 3.8) is 0 Å². The van der Waals surface area contributed by atoms with Gasteiger partial charge in [-0.2, -0.15) is 0 Å². The maximum atomic E-state index is 11.7. The fourth-order valence-electron chi connectivity index (χ4n) is 9.18. The third-order valence-electron chi connectivity index (χ3n) is 10.7. The third kappa shape index (κ3) is 4.06. The quantitative estimate of drug-likeness (QED) is 0.488. The van der Waals surface area contributed by atoms with Crippen LogP contribution in [0.1, 0.15) is 98.3 Å². The molecule has 0 aliphatic heterocycles. The maximum absolute atomic E-state index is 11.7. The average molecular weight is 433 g/mol. The van der Waals surface area contributed by atoms with Crippen molar-refractivity contribution >= 4 is 11.9 Å². The van der Waals surface area contributed by atoms with Gasteiger partial charge in [0.15, 0.2) is 0 Å². The van der Waals surface area contributed by atoms with Crippen LogP contribution in [0.4, 0.5) is 0 Å². The topological polar surface area (TPSA) is 52.6 Å². The van der Waals surface area contributed by atoms with E-state index < -0.39 is 0 Å². The van der Waals surface area contributed by atoms with Gasteiger partial charge in [0.25, 0.3) is 0 Å². The van der Waals surface area contributed by atoms with Crippen molar-refractivity contribution in [3.05, 3.63) is 0 Å². The molecule has 4 rings (SSSR count). The Bertz CT molecular complexity index is 689. The molecule has 0 aromatic heterocycles. The Morgan fingerprint density at radius 1 is 0.968 bits per heavy atom. The lowest BCUT2D eigenvalue weighted by molar-refractivity contribution is -0.160. The van der Waals surface area contributed by atoms with E-state index in [9.17, 15) is 9.59 Å². The van der Waals surface area contributed by atoms with Crippen LogP contribution >= 0.6 is 0 Å². The van der Waals surface area contributed by atoms with Crippen LogP contribution in [0.5, 0.6) is 0 Å². The van der Waals surface area contributed by atoms with Gasteiger partial charge in [-0.25, -0.2) is 0 Å². The van der Waals surface area contributed by atoms with E-state index in [0.717, 1.165) is 42.9 Å². The van der Waals surface area contributed by atoms with E-state index in [1.807, 2.05) is 0 Å². The number of carbonyl (C=O) groups is 2. The summed E-state index contributed by atoms with van der Waals surface area (Å²) < 4.78 is 10.5. The Balaban J connectivity index is 1.45. The Morgan fingerprint density at radius 3 is 2.39 bits per heavy atom. The summed E-state index contributed by atoms with van der Waals surface area (Å²) in [7, 11) is 1.50. The zero-order chi connectivity index (χ0) is 22.4. The minimum absolute atomic E-state index is 0.0640. The Labute approximate surface area is 189 Å². The predicted molar refractivity (Wildman–Crippen MR) is 121 cm³/mol. The minimum Gasteiger partial charge on any atom is -0.469 e. The zero-order valence-corrected chi connectivity index (χ0v) is 20.5. The van der Waals surface area contributed by atoms with Crippen molar-refractivity contribution in [1.82, 2.24) is 0 Å². The lowest BCUT2D eigenvalue weighted by Gasteiger charge is -2.61. The molecular weight excluding hydrogens is 388 g/mol. The fourth-order valence-corrected chi connectivity index (χ4v) is 9.18.